The Morgan fingerprint density at radius 2 is 1.95 bits per heavy atom. The number of para-hydroxylation sites is 1. The molecule has 1 aliphatic heterocycles. The Balaban J connectivity index is 2.10. The monoisotopic (exact) mass is 284 g/mol. The number of rotatable bonds is 4. The molecule has 2 rings (SSSR count). The molecule has 0 spiro atoms. The predicted molar refractivity (Wildman–Crippen MR) is 75.1 cm³/mol. The van der Waals surface area contributed by atoms with Gasteiger partial charge in [0, 0.05) is 32.5 Å². The van der Waals surface area contributed by atoms with Crippen molar-refractivity contribution in [3.05, 3.63) is 29.8 Å². The highest BCUT2D eigenvalue weighted by Gasteiger charge is 2.31. The third kappa shape index (κ3) is 3.26. The van der Waals surface area contributed by atoms with Crippen LogP contribution in [0.1, 0.15) is 18.4 Å². The van der Waals surface area contributed by atoms with Crippen molar-refractivity contribution in [2.45, 2.75) is 24.6 Å². The van der Waals surface area contributed by atoms with Gasteiger partial charge in [0.2, 0.25) is 10.0 Å². The van der Waals surface area contributed by atoms with Crippen LogP contribution in [0.4, 0.5) is 5.69 Å². The lowest BCUT2D eigenvalue weighted by atomic mass is 10.2. The molecule has 0 aliphatic carbocycles. The number of nitrogens with zero attached hydrogens (tertiary/aromatic N) is 1. The van der Waals surface area contributed by atoms with Gasteiger partial charge in [-0.15, -0.1) is 0 Å². The first kappa shape index (κ1) is 14.3. The van der Waals surface area contributed by atoms with Gasteiger partial charge in [-0.3, -0.25) is 0 Å². The molecule has 1 saturated heterocycles. The number of hydrogen-bond acceptors (Lipinski definition) is 4. The standard InChI is InChI=1S/C13H20N2O3S/c1-15(10-11-4-2-3-5-13(11)14)19(16,17)12-6-8-18-9-7-12/h2-5,12H,6-10,14H2,1H3. The fourth-order valence-electron chi connectivity index (χ4n) is 2.24. The van der Waals surface area contributed by atoms with Crippen molar-refractivity contribution in [2.24, 2.45) is 0 Å². The third-order valence-corrected chi connectivity index (χ3v) is 5.78. The Hall–Kier alpha value is -1.11. The highest BCUT2D eigenvalue weighted by Crippen LogP contribution is 2.21. The lowest BCUT2D eigenvalue weighted by Gasteiger charge is -2.27. The van der Waals surface area contributed by atoms with E-state index in [4.69, 9.17) is 10.5 Å². The minimum Gasteiger partial charge on any atom is -0.398 e. The van der Waals surface area contributed by atoms with Crippen LogP contribution in [0, 0.1) is 0 Å². The maximum absolute atomic E-state index is 12.4. The maximum Gasteiger partial charge on any atom is 0.217 e. The van der Waals surface area contributed by atoms with E-state index in [-0.39, 0.29) is 5.25 Å². The minimum absolute atomic E-state index is 0.312. The molecular formula is C13H20N2O3S. The summed E-state index contributed by atoms with van der Waals surface area (Å²) in [5, 5.41) is -0.337. The molecule has 1 heterocycles. The molecule has 0 amide bonds. The van der Waals surface area contributed by atoms with Crippen molar-refractivity contribution < 1.29 is 13.2 Å². The average Bonchev–Trinajstić information content (AvgIpc) is 2.42. The van der Waals surface area contributed by atoms with Gasteiger partial charge in [-0.2, -0.15) is 0 Å². The molecule has 1 aromatic carbocycles. The molecule has 5 nitrogen and oxygen atoms in total. The molecule has 0 bridgehead atoms. The highest BCUT2D eigenvalue weighted by atomic mass is 32.2. The van der Waals surface area contributed by atoms with Crippen LogP contribution in [0.3, 0.4) is 0 Å². The molecule has 0 saturated carbocycles. The first-order valence-electron chi connectivity index (χ1n) is 6.38. The molecule has 19 heavy (non-hydrogen) atoms. The highest BCUT2D eigenvalue weighted by molar-refractivity contribution is 7.89. The maximum atomic E-state index is 12.4. The summed E-state index contributed by atoms with van der Waals surface area (Å²) in [7, 11) is -1.67. The number of hydrogen-bond donors (Lipinski definition) is 1. The van der Waals surface area contributed by atoms with Crippen LogP contribution in [0.2, 0.25) is 0 Å². The van der Waals surface area contributed by atoms with E-state index in [1.165, 1.54) is 4.31 Å². The number of nitrogen functional groups attached to an aromatic ring is 1. The number of nitrogens with two attached hydrogens (primary N) is 1. The van der Waals surface area contributed by atoms with Crippen LogP contribution in [-0.2, 0) is 21.3 Å². The van der Waals surface area contributed by atoms with Crippen LogP contribution in [0.15, 0.2) is 24.3 Å². The Labute approximate surface area is 114 Å². The third-order valence-electron chi connectivity index (χ3n) is 3.47. The fraction of sp³-hybridized carbons (Fsp3) is 0.538. The molecule has 2 N–H and O–H groups in total. The first-order chi connectivity index (χ1) is 9.01. The fourth-order valence-corrected chi connectivity index (χ4v) is 3.85. The van der Waals surface area contributed by atoms with E-state index in [9.17, 15) is 8.42 Å². The zero-order valence-corrected chi connectivity index (χ0v) is 11.9. The van der Waals surface area contributed by atoms with Crippen molar-refractivity contribution in [2.75, 3.05) is 26.0 Å². The van der Waals surface area contributed by atoms with E-state index in [1.807, 2.05) is 18.2 Å². The van der Waals surface area contributed by atoms with Gasteiger partial charge in [-0.05, 0) is 24.5 Å². The SMILES string of the molecule is CN(Cc1ccccc1N)S(=O)(=O)C1CCOCC1. The number of benzene rings is 1. The van der Waals surface area contributed by atoms with Gasteiger partial charge in [0.1, 0.15) is 0 Å². The lowest BCUT2D eigenvalue weighted by Crippen LogP contribution is -2.39. The molecule has 6 heteroatoms. The molecule has 0 radical (unpaired) electrons. The second-order valence-electron chi connectivity index (χ2n) is 4.81. The molecule has 0 aromatic heterocycles. The first-order valence-corrected chi connectivity index (χ1v) is 7.88. The Bertz CT molecular complexity index is 524. The predicted octanol–water partition coefficient (Wildman–Crippen LogP) is 1.21. The van der Waals surface area contributed by atoms with E-state index >= 15 is 0 Å². The summed E-state index contributed by atoms with van der Waals surface area (Å²) in [6, 6.07) is 7.34. The van der Waals surface area contributed by atoms with Crippen molar-refractivity contribution in [1.82, 2.24) is 4.31 Å². The number of anilines is 1. The van der Waals surface area contributed by atoms with Gasteiger partial charge in [0.25, 0.3) is 0 Å². The molecule has 1 aliphatic rings. The van der Waals surface area contributed by atoms with E-state index in [0.29, 0.717) is 38.3 Å². The summed E-state index contributed by atoms with van der Waals surface area (Å²) in [6.45, 7) is 1.35. The number of ether oxygens (including phenoxy) is 1. The lowest BCUT2D eigenvalue weighted by molar-refractivity contribution is 0.0973. The van der Waals surface area contributed by atoms with Crippen molar-refractivity contribution >= 4 is 15.7 Å². The second-order valence-corrected chi connectivity index (χ2v) is 7.13. The summed E-state index contributed by atoms with van der Waals surface area (Å²) < 4.78 is 31.5. The smallest absolute Gasteiger partial charge is 0.217 e. The van der Waals surface area contributed by atoms with Gasteiger partial charge in [-0.25, -0.2) is 12.7 Å². The van der Waals surface area contributed by atoms with Crippen LogP contribution in [0.5, 0.6) is 0 Å². The second kappa shape index (κ2) is 5.90. The van der Waals surface area contributed by atoms with E-state index in [1.54, 1.807) is 13.1 Å². The Morgan fingerprint density at radius 3 is 2.58 bits per heavy atom. The summed E-state index contributed by atoms with van der Waals surface area (Å²) in [5.74, 6) is 0. The Kier molecular flexibility index (Phi) is 4.44. The van der Waals surface area contributed by atoms with E-state index in [0.717, 1.165) is 5.56 Å². The summed E-state index contributed by atoms with van der Waals surface area (Å²) >= 11 is 0. The molecule has 1 aromatic rings. The topological polar surface area (TPSA) is 72.6 Å². The van der Waals surface area contributed by atoms with Gasteiger partial charge < -0.3 is 10.5 Å². The molecular weight excluding hydrogens is 264 g/mol. The molecule has 0 unspecified atom stereocenters. The van der Waals surface area contributed by atoms with Gasteiger partial charge in [-0.1, -0.05) is 18.2 Å². The molecule has 0 atom stereocenters. The minimum atomic E-state index is -3.28. The van der Waals surface area contributed by atoms with Crippen LogP contribution in [0.25, 0.3) is 0 Å². The van der Waals surface area contributed by atoms with Crippen LogP contribution < -0.4 is 5.73 Å². The summed E-state index contributed by atoms with van der Waals surface area (Å²) in [6.07, 6.45) is 1.13. The normalized spacial score (nSPS) is 17.8. The quantitative estimate of drug-likeness (QED) is 0.844. The van der Waals surface area contributed by atoms with Crippen molar-refractivity contribution in [1.29, 1.82) is 0 Å². The number of sulfonamides is 1. The van der Waals surface area contributed by atoms with E-state index < -0.39 is 10.0 Å². The zero-order chi connectivity index (χ0) is 13.9. The van der Waals surface area contributed by atoms with Gasteiger partial charge in [0.15, 0.2) is 0 Å². The van der Waals surface area contributed by atoms with Crippen molar-refractivity contribution in [3.63, 3.8) is 0 Å². The Morgan fingerprint density at radius 1 is 1.32 bits per heavy atom. The zero-order valence-electron chi connectivity index (χ0n) is 11.1. The van der Waals surface area contributed by atoms with Crippen molar-refractivity contribution in [3.8, 4) is 0 Å². The molecule has 106 valence electrons. The average molecular weight is 284 g/mol. The van der Waals surface area contributed by atoms with Crippen LogP contribution in [-0.4, -0.2) is 38.2 Å². The van der Waals surface area contributed by atoms with Gasteiger partial charge in [0.05, 0.1) is 5.25 Å². The summed E-state index contributed by atoms with van der Waals surface area (Å²) in [5.41, 5.74) is 7.30. The molecule has 1 fully saturated rings. The van der Waals surface area contributed by atoms with Gasteiger partial charge >= 0.3 is 0 Å². The van der Waals surface area contributed by atoms with E-state index in [2.05, 4.69) is 0 Å². The van der Waals surface area contributed by atoms with Crippen LogP contribution >= 0.6 is 0 Å². The summed E-state index contributed by atoms with van der Waals surface area (Å²) in [4.78, 5) is 0. The largest absolute Gasteiger partial charge is 0.398 e.